The van der Waals surface area contributed by atoms with E-state index in [0.29, 0.717) is 18.2 Å². The van der Waals surface area contributed by atoms with Gasteiger partial charge in [-0.2, -0.15) is 0 Å². The van der Waals surface area contributed by atoms with E-state index in [1.165, 1.54) is 0 Å². The van der Waals surface area contributed by atoms with E-state index in [2.05, 4.69) is 19.2 Å². The van der Waals surface area contributed by atoms with Gasteiger partial charge < -0.3 is 14.5 Å². The molecule has 1 aromatic carbocycles. The highest BCUT2D eigenvalue weighted by atomic mass is 19.1. The summed E-state index contributed by atoms with van der Waals surface area (Å²) in [6.07, 6.45) is 1.63. The first-order valence-corrected chi connectivity index (χ1v) is 6.89. The van der Waals surface area contributed by atoms with Gasteiger partial charge in [-0.15, -0.1) is 0 Å². The van der Waals surface area contributed by atoms with Crippen LogP contribution in [0, 0.1) is 17.6 Å². The van der Waals surface area contributed by atoms with E-state index in [0.717, 1.165) is 30.3 Å². The molecule has 0 amide bonds. The summed E-state index contributed by atoms with van der Waals surface area (Å²) in [6.45, 7) is 5.95. The van der Waals surface area contributed by atoms with E-state index in [9.17, 15) is 8.78 Å². The monoisotopic (exact) mass is 295 g/mol. The fourth-order valence-corrected chi connectivity index (χ4v) is 1.84. The third-order valence-electron chi connectivity index (χ3n) is 2.85. The number of benzene rings is 1. The standard InChI is InChI=1S/C16H19F2NO2/c1-11(2)7-19-8-12-5-14(20-9-12)10-21-16-6-13(17)3-4-15(16)18/h3-6,9,11,19H,7-8,10H2,1-2H3. The second-order valence-electron chi connectivity index (χ2n) is 5.31. The fourth-order valence-electron chi connectivity index (χ4n) is 1.84. The molecule has 21 heavy (non-hydrogen) atoms. The van der Waals surface area contributed by atoms with Crippen LogP contribution in [0.1, 0.15) is 25.2 Å². The Morgan fingerprint density at radius 1 is 1.24 bits per heavy atom. The molecule has 0 radical (unpaired) electrons. The van der Waals surface area contributed by atoms with Gasteiger partial charge >= 0.3 is 0 Å². The molecule has 0 saturated heterocycles. The Hall–Kier alpha value is -1.88. The fraction of sp³-hybridized carbons (Fsp3) is 0.375. The molecule has 0 aliphatic carbocycles. The quantitative estimate of drug-likeness (QED) is 0.841. The molecule has 2 aromatic rings. The minimum atomic E-state index is -0.596. The van der Waals surface area contributed by atoms with Gasteiger partial charge in [0, 0.05) is 18.2 Å². The van der Waals surface area contributed by atoms with Crippen LogP contribution in [-0.4, -0.2) is 6.54 Å². The van der Waals surface area contributed by atoms with Gasteiger partial charge in [0.1, 0.15) is 18.2 Å². The number of rotatable bonds is 7. The van der Waals surface area contributed by atoms with E-state index < -0.39 is 11.6 Å². The summed E-state index contributed by atoms with van der Waals surface area (Å²) in [5, 5.41) is 3.29. The number of hydrogen-bond acceptors (Lipinski definition) is 3. The first kappa shape index (κ1) is 15.5. The van der Waals surface area contributed by atoms with Crippen molar-refractivity contribution in [3.8, 4) is 5.75 Å². The molecular formula is C16H19F2NO2. The van der Waals surface area contributed by atoms with Gasteiger partial charge in [-0.3, -0.25) is 0 Å². The zero-order valence-electron chi connectivity index (χ0n) is 12.2. The van der Waals surface area contributed by atoms with E-state index in [1.807, 2.05) is 6.07 Å². The lowest BCUT2D eigenvalue weighted by molar-refractivity contribution is 0.257. The van der Waals surface area contributed by atoms with E-state index in [4.69, 9.17) is 9.15 Å². The first-order chi connectivity index (χ1) is 10.0. The highest BCUT2D eigenvalue weighted by Gasteiger charge is 2.07. The minimum Gasteiger partial charge on any atom is -0.482 e. The molecule has 114 valence electrons. The van der Waals surface area contributed by atoms with Crippen LogP contribution < -0.4 is 10.1 Å². The van der Waals surface area contributed by atoms with Crippen molar-refractivity contribution in [2.75, 3.05) is 6.54 Å². The van der Waals surface area contributed by atoms with E-state index in [1.54, 1.807) is 6.26 Å². The van der Waals surface area contributed by atoms with Crippen LogP contribution in [0.25, 0.3) is 0 Å². The average molecular weight is 295 g/mol. The topological polar surface area (TPSA) is 34.4 Å². The SMILES string of the molecule is CC(C)CNCc1coc(COc2cc(F)ccc2F)c1. The third-order valence-corrected chi connectivity index (χ3v) is 2.85. The summed E-state index contributed by atoms with van der Waals surface area (Å²) in [5.41, 5.74) is 0.994. The maximum absolute atomic E-state index is 13.4. The van der Waals surface area contributed by atoms with Crippen molar-refractivity contribution in [1.29, 1.82) is 0 Å². The van der Waals surface area contributed by atoms with Gasteiger partial charge in [-0.1, -0.05) is 13.8 Å². The zero-order valence-corrected chi connectivity index (χ0v) is 12.2. The van der Waals surface area contributed by atoms with Gasteiger partial charge in [-0.05, 0) is 30.7 Å². The minimum absolute atomic E-state index is 0.0601. The van der Waals surface area contributed by atoms with Gasteiger partial charge in [0.05, 0.1) is 6.26 Å². The van der Waals surface area contributed by atoms with Crippen molar-refractivity contribution in [2.45, 2.75) is 27.0 Å². The predicted molar refractivity (Wildman–Crippen MR) is 75.9 cm³/mol. The number of furan rings is 1. The van der Waals surface area contributed by atoms with Crippen molar-refractivity contribution >= 4 is 0 Å². The van der Waals surface area contributed by atoms with Crippen LogP contribution in [0.15, 0.2) is 34.9 Å². The van der Waals surface area contributed by atoms with Gasteiger partial charge in [0.15, 0.2) is 11.6 Å². The normalized spacial score (nSPS) is 11.1. The zero-order chi connectivity index (χ0) is 15.2. The molecule has 0 saturated carbocycles. The predicted octanol–water partition coefficient (Wildman–Crippen LogP) is 3.88. The molecule has 0 fully saturated rings. The lowest BCUT2D eigenvalue weighted by Gasteiger charge is -2.05. The molecule has 0 aliphatic heterocycles. The molecule has 0 bridgehead atoms. The molecular weight excluding hydrogens is 276 g/mol. The second-order valence-corrected chi connectivity index (χ2v) is 5.31. The van der Waals surface area contributed by atoms with E-state index in [-0.39, 0.29) is 12.4 Å². The Morgan fingerprint density at radius 2 is 2.05 bits per heavy atom. The maximum atomic E-state index is 13.4. The Kier molecular flexibility index (Phi) is 5.33. The lowest BCUT2D eigenvalue weighted by Crippen LogP contribution is -2.18. The summed E-state index contributed by atoms with van der Waals surface area (Å²) >= 11 is 0. The summed E-state index contributed by atoms with van der Waals surface area (Å²) < 4.78 is 37.0. The van der Waals surface area contributed by atoms with Gasteiger partial charge in [0.2, 0.25) is 0 Å². The van der Waals surface area contributed by atoms with Crippen LogP contribution in [-0.2, 0) is 13.2 Å². The Bertz CT molecular complexity index is 581. The number of ether oxygens (including phenoxy) is 1. The Morgan fingerprint density at radius 3 is 2.81 bits per heavy atom. The summed E-state index contributed by atoms with van der Waals surface area (Å²) in [7, 11) is 0. The smallest absolute Gasteiger partial charge is 0.165 e. The second kappa shape index (κ2) is 7.22. The lowest BCUT2D eigenvalue weighted by atomic mass is 10.2. The van der Waals surface area contributed by atoms with Gasteiger partial charge in [-0.25, -0.2) is 8.78 Å². The summed E-state index contributed by atoms with van der Waals surface area (Å²) in [5.74, 6) is -0.104. The Balaban J connectivity index is 1.86. The molecule has 0 spiro atoms. The highest BCUT2D eigenvalue weighted by molar-refractivity contribution is 5.25. The maximum Gasteiger partial charge on any atom is 0.165 e. The molecule has 1 aromatic heterocycles. The average Bonchev–Trinajstić information content (AvgIpc) is 2.87. The molecule has 0 atom stereocenters. The van der Waals surface area contributed by atoms with Crippen LogP contribution in [0.5, 0.6) is 5.75 Å². The van der Waals surface area contributed by atoms with Crippen molar-refractivity contribution < 1.29 is 17.9 Å². The molecule has 2 rings (SSSR count). The summed E-state index contributed by atoms with van der Waals surface area (Å²) in [6, 6.07) is 4.94. The van der Waals surface area contributed by atoms with Crippen LogP contribution >= 0.6 is 0 Å². The molecule has 5 heteroatoms. The summed E-state index contributed by atoms with van der Waals surface area (Å²) in [4.78, 5) is 0. The molecule has 1 N–H and O–H groups in total. The molecule has 0 unspecified atom stereocenters. The molecule has 0 aliphatic rings. The van der Waals surface area contributed by atoms with Crippen molar-refractivity contribution in [1.82, 2.24) is 5.32 Å². The van der Waals surface area contributed by atoms with Crippen molar-refractivity contribution in [3.63, 3.8) is 0 Å². The van der Waals surface area contributed by atoms with E-state index >= 15 is 0 Å². The van der Waals surface area contributed by atoms with Crippen LogP contribution in [0.4, 0.5) is 8.78 Å². The van der Waals surface area contributed by atoms with Crippen molar-refractivity contribution in [3.05, 3.63) is 53.5 Å². The largest absolute Gasteiger partial charge is 0.482 e. The van der Waals surface area contributed by atoms with Crippen LogP contribution in [0.2, 0.25) is 0 Å². The van der Waals surface area contributed by atoms with Crippen molar-refractivity contribution in [2.24, 2.45) is 5.92 Å². The first-order valence-electron chi connectivity index (χ1n) is 6.89. The van der Waals surface area contributed by atoms with Gasteiger partial charge in [0.25, 0.3) is 0 Å². The third kappa shape index (κ3) is 4.86. The number of hydrogen-bond donors (Lipinski definition) is 1. The molecule has 3 nitrogen and oxygen atoms in total. The number of nitrogens with one attached hydrogen (secondary N) is 1. The van der Waals surface area contributed by atoms with Crippen LogP contribution in [0.3, 0.4) is 0 Å². The number of halogens is 2. The molecule has 1 heterocycles. The Labute approximate surface area is 122 Å². The highest BCUT2D eigenvalue weighted by Crippen LogP contribution is 2.20.